The van der Waals surface area contributed by atoms with Crippen LogP contribution in [0.4, 0.5) is 10.8 Å². The van der Waals surface area contributed by atoms with Crippen LogP contribution in [0.5, 0.6) is 5.75 Å². The average molecular weight is 435 g/mol. The largest absolute Gasteiger partial charge is 0.497 e. The highest BCUT2D eigenvalue weighted by molar-refractivity contribution is 7.22. The van der Waals surface area contributed by atoms with Crippen LogP contribution in [0.2, 0.25) is 5.02 Å². The number of amides is 1. The molecular formula is C19H19ClN4O4S. The van der Waals surface area contributed by atoms with Gasteiger partial charge in [-0.3, -0.25) is 19.8 Å². The highest BCUT2D eigenvalue weighted by Crippen LogP contribution is 2.33. The van der Waals surface area contributed by atoms with Gasteiger partial charge in [-0.15, -0.1) is 0 Å². The number of non-ortho nitro benzene ring substituents is 1. The van der Waals surface area contributed by atoms with Gasteiger partial charge in [-0.1, -0.05) is 22.9 Å². The molecule has 3 rings (SSSR count). The van der Waals surface area contributed by atoms with Crippen molar-refractivity contribution in [3.63, 3.8) is 0 Å². The molecule has 0 spiro atoms. The van der Waals surface area contributed by atoms with Crippen LogP contribution in [0.1, 0.15) is 10.4 Å². The van der Waals surface area contributed by atoms with Crippen molar-refractivity contribution in [1.29, 1.82) is 0 Å². The quantitative estimate of drug-likeness (QED) is 0.411. The van der Waals surface area contributed by atoms with Crippen molar-refractivity contribution in [2.45, 2.75) is 0 Å². The highest BCUT2D eigenvalue weighted by atomic mass is 35.5. The van der Waals surface area contributed by atoms with Gasteiger partial charge in [0.05, 0.1) is 32.8 Å². The lowest BCUT2D eigenvalue weighted by atomic mass is 10.1. The Morgan fingerprint density at radius 2 is 2.00 bits per heavy atom. The Bertz CT molecular complexity index is 1070. The van der Waals surface area contributed by atoms with Crippen molar-refractivity contribution in [1.82, 2.24) is 9.88 Å². The fourth-order valence-electron chi connectivity index (χ4n) is 2.66. The van der Waals surface area contributed by atoms with Crippen molar-refractivity contribution in [3.8, 4) is 5.75 Å². The SMILES string of the molecule is COc1ccc2nc(N(CCN(C)C)C(=O)c3cc([N+](=O)[O-])ccc3Cl)sc2c1. The van der Waals surface area contributed by atoms with E-state index < -0.39 is 10.8 Å². The first-order valence-electron chi connectivity index (χ1n) is 8.65. The molecule has 0 aliphatic carbocycles. The molecule has 1 amide bonds. The summed E-state index contributed by atoms with van der Waals surface area (Å²) in [6.07, 6.45) is 0. The Kier molecular flexibility index (Phi) is 6.31. The molecule has 0 fully saturated rings. The Hall–Kier alpha value is -2.75. The molecule has 0 unspecified atom stereocenters. The molecule has 0 aliphatic rings. The van der Waals surface area contributed by atoms with Crippen molar-refractivity contribution >= 4 is 49.9 Å². The molecule has 8 nitrogen and oxygen atoms in total. The van der Waals surface area contributed by atoms with E-state index in [1.165, 1.54) is 34.4 Å². The summed E-state index contributed by atoms with van der Waals surface area (Å²) in [5, 5.41) is 11.8. The average Bonchev–Trinajstić information content (AvgIpc) is 3.10. The number of nitro benzene ring substituents is 1. The van der Waals surface area contributed by atoms with Crippen molar-refractivity contribution in [2.75, 3.05) is 39.2 Å². The van der Waals surface area contributed by atoms with E-state index in [2.05, 4.69) is 4.98 Å². The van der Waals surface area contributed by atoms with Crippen LogP contribution in [-0.2, 0) is 0 Å². The standard InChI is InChI=1S/C19H19ClN4O4S/c1-22(2)8-9-23(18(25)14-10-12(24(26)27)4-6-15(14)20)19-21-16-7-5-13(28-3)11-17(16)29-19/h4-7,10-11H,8-9H2,1-3H3. The predicted octanol–water partition coefficient (Wildman–Crippen LogP) is 4.07. The third kappa shape index (κ3) is 4.64. The van der Waals surface area contributed by atoms with E-state index in [9.17, 15) is 14.9 Å². The first kappa shape index (κ1) is 21.0. The minimum absolute atomic E-state index is 0.0662. The number of methoxy groups -OCH3 is 1. The number of carbonyl (C=O) groups excluding carboxylic acids is 1. The highest BCUT2D eigenvalue weighted by Gasteiger charge is 2.25. The van der Waals surface area contributed by atoms with E-state index in [4.69, 9.17) is 16.3 Å². The van der Waals surface area contributed by atoms with Crippen molar-refractivity contribution in [2.24, 2.45) is 0 Å². The van der Waals surface area contributed by atoms with E-state index in [1.807, 2.05) is 31.1 Å². The summed E-state index contributed by atoms with van der Waals surface area (Å²) >= 11 is 7.54. The third-order valence-electron chi connectivity index (χ3n) is 4.22. The Morgan fingerprint density at radius 3 is 2.66 bits per heavy atom. The van der Waals surface area contributed by atoms with Gasteiger partial charge < -0.3 is 9.64 Å². The summed E-state index contributed by atoms with van der Waals surface area (Å²) in [4.78, 5) is 31.9. The van der Waals surface area contributed by atoms with Crippen LogP contribution >= 0.6 is 22.9 Å². The molecular weight excluding hydrogens is 416 g/mol. The van der Waals surface area contributed by atoms with Crippen LogP contribution in [0.15, 0.2) is 36.4 Å². The maximum atomic E-state index is 13.3. The minimum Gasteiger partial charge on any atom is -0.497 e. The number of carbonyl (C=O) groups is 1. The lowest BCUT2D eigenvalue weighted by Crippen LogP contribution is -2.37. The molecule has 0 saturated carbocycles. The van der Waals surface area contributed by atoms with E-state index in [-0.39, 0.29) is 16.3 Å². The molecule has 10 heteroatoms. The zero-order valence-electron chi connectivity index (χ0n) is 16.1. The van der Waals surface area contributed by atoms with Crippen LogP contribution in [0.3, 0.4) is 0 Å². The molecule has 2 aromatic carbocycles. The molecule has 29 heavy (non-hydrogen) atoms. The number of halogens is 1. The summed E-state index contributed by atoms with van der Waals surface area (Å²) in [5.74, 6) is 0.257. The second-order valence-corrected chi connectivity index (χ2v) is 7.93. The van der Waals surface area contributed by atoms with Gasteiger partial charge in [0.25, 0.3) is 11.6 Å². The number of aromatic nitrogens is 1. The van der Waals surface area contributed by atoms with E-state index in [0.717, 1.165) is 10.2 Å². The number of likely N-dealkylation sites (N-methyl/N-ethyl adjacent to an activating group) is 1. The van der Waals surface area contributed by atoms with Gasteiger partial charge in [0.1, 0.15) is 5.75 Å². The number of rotatable bonds is 7. The predicted molar refractivity (Wildman–Crippen MR) is 115 cm³/mol. The number of hydrogen-bond donors (Lipinski definition) is 0. The van der Waals surface area contributed by atoms with Gasteiger partial charge in [-0.25, -0.2) is 4.98 Å². The fraction of sp³-hybridized carbons (Fsp3) is 0.263. The maximum Gasteiger partial charge on any atom is 0.270 e. The van der Waals surface area contributed by atoms with Crippen LogP contribution in [0, 0.1) is 10.1 Å². The Balaban J connectivity index is 2.04. The number of anilines is 1. The Labute approximate surface area is 176 Å². The summed E-state index contributed by atoms with van der Waals surface area (Å²) in [5.41, 5.74) is 0.606. The molecule has 1 aromatic heterocycles. The maximum absolute atomic E-state index is 13.3. The summed E-state index contributed by atoms with van der Waals surface area (Å²) in [6.45, 7) is 0.930. The van der Waals surface area contributed by atoms with Crippen molar-refractivity contribution in [3.05, 3.63) is 57.1 Å². The van der Waals surface area contributed by atoms with Gasteiger partial charge in [0.15, 0.2) is 5.13 Å². The number of fused-ring (bicyclic) bond motifs is 1. The zero-order chi connectivity index (χ0) is 21.1. The molecule has 3 aromatic rings. The number of thiazole rings is 1. The van der Waals surface area contributed by atoms with Gasteiger partial charge in [0.2, 0.25) is 0 Å². The normalized spacial score (nSPS) is 11.1. The molecule has 0 N–H and O–H groups in total. The molecule has 0 atom stereocenters. The number of benzene rings is 2. The number of hydrogen-bond acceptors (Lipinski definition) is 7. The van der Waals surface area contributed by atoms with E-state index in [0.29, 0.717) is 24.0 Å². The number of nitrogens with zero attached hydrogens (tertiary/aromatic N) is 4. The van der Waals surface area contributed by atoms with Gasteiger partial charge in [-0.05, 0) is 38.4 Å². The van der Waals surface area contributed by atoms with Crippen LogP contribution in [0.25, 0.3) is 10.2 Å². The van der Waals surface area contributed by atoms with Crippen LogP contribution < -0.4 is 9.64 Å². The fourth-order valence-corrected chi connectivity index (χ4v) is 3.87. The lowest BCUT2D eigenvalue weighted by molar-refractivity contribution is -0.384. The van der Waals surface area contributed by atoms with Gasteiger partial charge >= 0.3 is 0 Å². The Morgan fingerprint density at radius 1 is 1.24 bits per heavy atom. The molecule has 0 bridgehead atoms. The topological polar surface area (TPSA) is 88.8 Å². The summed E-state index contributed by atoms with van der Waals surface area (Å²) < 4.78 is 6.12. The van der Waals surface area contributed by atoms with Gasteiger partial charge in [0, 0.05) is 25.2 Å². The molecule has 152 valence electrons. The van der Waals surface area contributed by atoms with Crippen molar-refractivity contribution < 1.29 is 14.5 Å². The molecule has 0 saturated heterocycles. The summed E-state index contributed by atoms with van der Waals surface area (Å²) in [7, 11) is 5.37. The molecule has 0 aliphatic heterocycles. The third-order valence-corrected chi connectivity index (χ3v) is 5.59. The monoisotopic (exact) mass is 434 g/mol. The first-order valence-corrected chi connectivity index (χ1v) is 9.84. The number of ether oxygens (including phenoxy) is 1. The molecule has 0 radical (unpaired) electrons. The molecule has 1 heterocycles. The first-order chi connectivity index (χ1) is 13.8. The van der Waals surface area contributed by atoms with E-state index >= 15 is 0 Å². The zero-order valence-corrected chi connectivity index (χ0v) is 17.7. The number of nitro groups is 1. The second-order valence-electron chi connectivity index (χ2n) is 6.51. The minimum atomic E-state index is -0.554. The lowest BCUT2D eigenvalue weighted by Gasteiger charge is -2.22. The van der Waals surface area contributed by atoms with Crippen LogP contribution in [-0.4, -0.2) is 55.0 Å². The smallest absolute Gasteiger partial charge is 0.270 e. The summed E-state index contributed by atoms with van der Waals surface area (Å²) in [6, 6.07) is 9.31. The second kappa shape index (κ2) is 8.73. The van der Waals surface area contributed by atoms with Gasteiger partial charge in [-0.2, -0.15) is 0 Å². The van der Waals surface area contributed by atoms with E-state index in [1.54, 1.807) is 13.2 Å².